The number of esters is 1. The van der Waals surface area contributed by atoms with Crippen molar-refractivity contribution in [1.82, 2.24) is 14.9 Å². The fourth-order valence-electron chi connectivity index (χ4n) is 4.64. The third-order valence-electron chi connectivity index (χ3n) is 5.93. The summed E-state index contributed by atoms with van der Waals surface area (Å²) in [5, 5.41) is 0. The average Bonchev–Trinajstić information content (AvgIpc) is 3.15. The van der Waals surface area contributed by atoms with Crippen molar-refractivity contribution in [2.45, 2.75) is 77.5 Å². The Morgan fingerprint density at radius 2 is 2.08 bits per heavy atom. The first-order valence-electron chi connectivity index (χ1n) is 9.81. The Morgan fingerprint density at radius 3 is 2.81 bits per heavy atom. The first kappa shape index (κ1) is 17.4. The van der Waals surface area contributed by atoms with Gasteiger partial charge in [-0.2, -0.15) is 0 Å². The summed E-state index contributed by atoms with van der Waals surface area (Å²) < 4.78 is 5.71. The molecule has 140 valence electrons. The van der Waals surface area contributed by atoms with Crippen LogP contribution in [0.25, 0.3) is 0 Å². The maximum Gasteiger partial charge on any atom is 0.307 e. The summed E-state index contributed by atoms with van der Waals surface area (Å²) in [6, 6.07) is 0. The zero-order chi connectivity index (χ0) is 18.3. The molecule has 1 saturated heterocycles. The number of aromatic nitrogens is 2. The van der Waals surface area contributed by atoms with Crippen molar-refractivity contribution in [2.24, 2.45) is 11.8 Å². The highest BCUT2D eigenvalue weighted by Crippen LogP contribution is 2.45. The number of fused-ring (bicyclic) bond motifs is 1. The number of amides is 1. The van der Waals surface area contributed by atoms with Gasteiger partial charge in [-0.25, -0.2) is 9.97 Å². The Kier molecular flexibility index (Phi) is 4.45. The molecule has 0 N–H and O–H groups in total. The molecule has 1 spiro atoms. The average molecular weight is 357 g/mol. The van der Waals surface area contributed by atoms with Crippen molar-refractivity contribution in [3.63, 3.8) is 0 Å². The van der Waals surface area contributed by atoms with Crippen molar-refractivity contribution in [1.29, 1.82) is 0 Å². The number of nitrogens with zero attached hydrogens (tertiary/aromatic N) is 3. The molecule has 0 radical (unpaired) electrons. The summed E-state index contributed by atoms with van der Waals surface area (Å²) in [6.07, 6.45) is 7.76. The van der Waals surface area contributed by atoms with E-state index < -0.39 is 5.60 Å². The fraction of sp³-hybridized carbons (Fsp3) is 0.700. The lowest BCUT2D eigenvalue weighted by molar-refractivity contribution is -0.156. The Hall–Kier alpha value is -1.98. The summed E-state index contributed by atoms with van der Waals surface area (Å²) in [5.41, 5.74) is 1.41. The fourth-order valence-corrected chi connectivity index (χ4v) is 4.64. The van der Waals surface area contributed by atoms with Crippen LogP contribution in [0, 0.1) is 11.8 Å². The molecule has 1 aromatic rings. The van der Waals surface area contributed by atoms with E-state index >= 15 is 0 Å². The largest absolute Gasteiger partial charge is 0.458 e. The number of ether oxygens (including phenoxy) is 1. The van der Waals surface area contributed by atoms with E-state index in [2.05, 4.69) is 23.8 Å². The van der Waals surface area contributed by atoms with Gasteiger partial charge in [-0.15, -0.1) is 0 Å². The van der Waals surface area contributed by atoms with E-state index in [-0.39, 0.29) is 24.2 Å². The molecule has 6 nitrogen and oxygen atoms in total. The van der Waals surface area contributed by atoms with Crippen LogP contribution in [0.5, 0.6) is 0 Å². The van der Waals surface area contributed by atoms with Crippen LogP contribution >= 0.6 is 0 Å². The van der Waals surface area contributed by atoms with Gasteiger partial charge in [0.1, 0.15) is 11.4 Å². The van der Waals surface area contributed by atoms with Gasteiger partial charge in [-0.1, -0.05) is 20.3 Å². The Morgan fingerprint density at radius 1 is 1.31 bits per heavy atom. The molecule has 1 atom stereocenters. The Balaban J connectivity index is 1.51. The van der Waals surface area contributed by atoms with Crippen LogP contribution in [0.1, 0.15) is 69.5 Å². The molecule has 4 rings (SSSR count). The first-order valence-corrected chi connectivity index (χ1v) is 9.81. The van der Waals surface area contributed by atoms with Crippen LogP contribution in [0.3, 0.4) is 0 Å². The smallest absolute Gasteiger partial charge is 0.307 e. The minimum Gasteiger partial charge on any atom is -0.458 e. The maximum atomic E-state index is 13.2. The Labute approximate surface area is 154 Å². The Bertz CT molecular complexity index is 725. The molecule has 2 fully saturated rings. The highest BCUT2D eigenvalue weighted by Gasteiger charge is 2.54. The highest BCUT2D eigenvalue weighted by molar-refractivity contribution is 5.88. The van der Waals surface area contributed by atoms with Crippen molar-refractivity contribution in [3.05, 3.63) is 23.3 Å². The third-order valence-corrected chi connectivity index (χ3v) is 5.93. The van der Waals surface area contributed by atoms with E-state index in [0.717, 1.165) is 55.6 Å². The maximum absolute atomic E-state index is 13.2. The molecule has 3 heterocycles. The molecule has 1 amide bonds. The van der Waals surface area contributed by atoms with Gasteiger partial charge in [0.2, 0.25) is 5.91 Å². The monoisotopic (exact) mass is 357 g/mol. The van der Waals surface area contributed by atoms with Crippen LogP contribution in [0.15, 0.2) is 6.20 Å². The van der Waals surface area contributed by atoms with Gasteiger partial charge < -0.3 is 9.64 Å². The van der Waals surface area contributed by atoms with Gasteiger partial charge in [0.15, 0.2) is 0 Å². The summed E-state index contributed by atoms with van der Waals surface area (Å²) in [4.78, 5) is 36.2. The quantitative estimate of drug-likeness (QED) is 0.778. The first-order chi connectivity index (χ1) is 12.5. The number of rotatable bonds is 3. The predicted octanol–water partition coefficient (Wildman–Crippen LogP) is 2.78. The van der Waals surface area contributed by atoms with Gasteiger partial charge in [0.05, 0.1) is 24.6 Å². The zero-order valence-corrected chi connectivity index (χ0v) is 15.7. The van der Waals surface area contributed by atoms with Crippen LogP contribution in [-0.2, 0) is 33.8 Å². The van der Waals surface area contributed by atoms with Gasteiger partial charge in [-0.3, -0.25) is 9.59 Å². The number of carbonyl (C=O) groups is 2. The molecule has 1 unspecified atom stereocenters. The zero-order valence-electron chi connectivity index (χ0n) is 15.7. The van der Waals surface area contributed by atoms with Crippen molar-refractivity contribution in [3.8, 4) is 0 Å². The summed E-state index contributed by atoms with van der Waals surface area (Å²) in [7, 11) is 0. The van der Waals surface area contributed by atoms with E-state index in [0.29, 0.717) is 19.0 Å². The van der Waals surface area contributed by atoms with Crippen molar-refractivity contribution >= 4 is 11.9 Å². The van der Waals surface area contributed by atoms with Crippen molar-refractivity contribution in [2.75, 3.05) is 0 Å². The molecular weight excluding hydrogens is 330 g/mol. The second-order valence-corrected chi connectivity index (χ2v) is 8.41. The SMILES string of the molecule is CC(C)Cc1ncc2c(n1)CN(C(=O)C1CC(=O)OC13CCCCC3)C2. The molecular formula is C20H27N3O3. The topological polar surface area (TPSA) is 72.4 Å². The van der Waals surface area contributed by atoms with E-state index in [1.807, 2.05) is 11.1 Å². The van der Waals surface area contributed by atoms with Gasteiger partial charge in [0.25, 0.3) is 0 Å². The molecule has 1 aliphatic carbocycles. The van der Waals surface area contributed by atoms with Crippen LogP contribution in [0.4, 0.5) is 0 Å². The normalized spacial score (nSPS) is 24.2. The van der Waals surface area contributed by atoms with Gasteiger partial charge in [-0.05, 0) is 31.6 Å². The standard InChI is InChI=1S/C20H27N3O3/c1-13(2)8-17-21-10-14-11-23(12-16(14)22-17)19(25)15-9-18(24)26-20(15)6-4-3-5-7-20/h10,13,15H,3-9,11-12H2,1-2H3. The van der Waals surface area contributed by atoms with Gasteiger partial charge in [0, 0.05) is 24.7 Å². The van der Waals surface area contributed by atoms with Crippen molar-refractivity contribution < 1.29 is 14.3 Å². The second-order valence-electron chi connectivity index (χ2n) is 8.41. The van der Waals surface area contributed by atoms with E-state index in [1.54, 1.807) is 0 Å². The minimum absolute atomic E-state index is 0.0427. The number of hydrogen-bond donors (Lipinski definition) is 0. The molecule has 26 heavy (non-hydrogen) atoms. The van der Waals surface area contributed by atoms with Gasteiger partial charge >= 0.3 is 5.97 Å². The second kappa shape index (κ2) is 6.63. The molecule has 0 aromatic carbocycles. The molecule has 2 aliphatic heterocycles. The summed E-state index contributed by atoms with van der Waals surface area (Å²) in [6.45, 7) is 5.35. The van der Waals surface area contributed by atoms with E-state index in [4.69, 9.17) is 4.74 Å². The van der Waals surface area contributed by atoms with Crippen LogP contribution < -0.4 is 0 Å². The highest BCUT2D eigenvalue weighted by atomic mass is 16.6. The summed E-state index contributed by atoms with van der Waals surface area (Å²) >= 11 is 0. The number of hydrogen-bond acceptors (Lipinski definition) is 5. The molecule has 6 heteroatoms. The lowest BCUT2D eigenvalue weighted by Crippen LogP contribution is -2.46. The number of carbonyl (C=O) groups excluding carboxylic acids is 2. The lowest BCUT2D eigenvalue weighted by atomic mass is 9.75. The summed E-state index contributed by atoms with van der Waals surface area (Å²) in [5.74, 6) is 0.825. The lowest BCUT2D eigenvalue weighted by Gasteiger charge is -2.37. The minimum atomic E-state index is -0.560. The molecule has 0 bridgehead atoms. The third kappa shape index (κ3) is 3.10. The molecule has 1 aromatic heterocycles. The predicted molar refractivity (Wildman–Crippen MR) is 94.8 cm³/mol. The van der Waals surface area contributed by atoms with E-state index in [1.165, 1.54) is 0 Å². The molecule has 3 aliphatic rings. The molecule has 1 saturated carbocycles. The van der Waals surface area contributed by atoms with Crippen LogP contribution in [-0.4, -0.2) is 32.3 Å². The van der Waals surface area contributed by atoms with E-state index in [9.17, 15) is 9.59 Å². The van der Waals surface area contributed by atoms with Crippen LogP contribution in [0.2, 0.25) is 0 Å².